The summed E-state index contributed by atoms with van der Waals surface area (Å²) in [6.07, 6.45) is 2.43. The molecule has 1 rings (SSSR count). The number of carbonyl (C=O) groups excluding carboxylic acids is 1. The van der Waals surface area contributed by atoms with Gasteiger partial charge in [-0.25, -0.2) is 0 Å². The van der Waals surface area contributed by atoms with Crippen LogP contribution in [-0.2, 0) is 9.53 Å². The summed E-state index contributed by atoms with van der Waals surface area (Å²) < 4.78 is 5.09. The lowest BCUT2D eigenvalue weighted by Gasteiger charge is -2.33. The highest BCUT2D eigenvalue weighted by Gasteiger charge is 2.33. The van der Waals surface area contributed by atoms with Crippen molar-refractivity contribution in [1.29, 1.82) is 0 Å². The van der Waals surface area contributed by atoms with E-state index in [0.717, 1.165) is 12.8 Å². The molecular formula is C9H16O2. The number of ether oxygens (including phenoxy) is 1. The van der Waals surface area contributed by atoms with Crippen LogP contribution in [0, 0.1) is 5.41 Å². The fraction of sp³-hybridized carbons (Fsp3) is 0.889. The van der Waals surface area contributed by atoms with Gasteiger partial charge in [0, 0.05) is 13.5 Å². The molecular weight excluding hydrogens is 140 g/mol. The maximum Gasteiger partial charge on any atom is 0.161 e. The first-order chi connectivity index (χ1) is 5.05. The lowest BCUT2D eigenvalue weighted by molar-refractivity contribution is -0.134. The van der Waals surface area contributed by atoms with Crippen molar-refractivity contribution in [3.63, 3.8) is 0 Å². The van der Waals surface area contributed by atoms with E-state index in [4.69, 9.17) is 4.74 Å². The summed E-state index contributed by atoms with van der Waals surface area (Å²) in [6.45, 7) is 4.37. The summed E-state index contributed by atoms with van der Waals surface area (Å²) >= 11 is 0. The zero-order valence-corrected chi connectivity index (χ0v) is 7.52. The third-order valence-corrected chi connectivity index (χ3v) is 2.43. The van der Waals surface area contributed by atoms with Crippen LogP contribution in [-0.4, -0.2) is 19.0 Å². The van der Waals surface area contributed by atoms with Crippen molar-refractivity contribution in [3.05, 3.63) is 0 Å². The molecule has 0 N–H and O–H groups in total. The number of carbonyl (C=O) groups is 1. The van der Waals surface area contributed by atoms with Crippen LogP contribution in [0.25, 0.3) is 0 Å². The van der Waals surface area contributed by atoms with E-state index >= 15 is 0 Å². The van der Waals surface area contributed by atoms with Gasteiger partial charge in [-0.05, 0) is 18.3 Å². The minimum atomic E-state index is -0.140. The molecule has 1 fully saturated rings. The average molecular weight is 156 g/mol. The molecule has 0 bridgehead atoms. The van der Waals surface area contributed by atoms with Crippen LogP contribution in [0.3, 0.4) is 0 Å². The van der Waals surface area contributed by atoms with Crippen molar-refractivity contribution in [1.82, 2.24) is 0 Å². The summed E-state index contributed by atoms with van der Waals surface area (Å²) in [5.74, 6) is 0.270. The largest absolute Gasteiger partial charge is 0.374 e. The molecule has 1 aliphatic rings. The minimum Gasteiger partial charge on any atom is -0.374 e. The van der Waals surface area contributed by atoms with Gasteiger partial charge in [-0.2, -0.15) is 0 Å². The quantitative estimate of drug-likeness (QED) is 0.578. The second-order valence-electron chi connectivity index (χ2n) is 4.06. The molecule has 1 saturated carbocycles. The summed E-state index contributed by atoms with van der Waals surface area (Å²) in [5.41, 5.74) is 0.286. The number of rotatable bonds is 1. The molecule has 2 heteroatoms. The average Bonchev–Trinajstić information content (AvgIpc) is 1.94. The second-order valence-corrected chi connectivity index (χ2v) is 4.06. The van der Waals surface area contributed by atoms with Gasteiger partial charge < -0.3 is 4.74 Å². The number of Topliss-reactive ketones (excluding diaryl/α,β-unsaturated/α-hetero) is 1. The van der Waals surface area contributed by atoms with E-state index in [2.05, 4.69) is 13.8 Å². The Hall–Kier alpha value is -0.370. The van der Waals surface area contributed by atoms with Crippen LogP contribution < -0.4 is 0 Å². The van der Waals surface area contributed by atoms with Gasteiger partial charge in [0.1, 0.15) is 6.10 Å². The van der Waals surface area contributed by atoms with Crippen LogP contribution in [0.15, 0.2) is 0 Å². The first-order valence-corrected chi connectivity index (χ1v) is 4.11. The first-order valence-electron chi connectivity index (χ1n) is 4.11. The minimum absolute atomic E-state index is 0.140. The smallest absolute Gasteiger partial charge is 0.161 e. The SMILES string of the molecule is COC1CC(C)(C)CCC1=O. The van der Waals surface area contributed by atoms with Gasteiger partial charge in [0.2, 0.25) is 0 Å². The van der Waals surface area contributed by atoms with Gasteiger partial charge in [-0.1, -0.05) is 13.8 Å². The molecule has 0 aromatic carbocycles. The Kier molecular flexibility index (Phi) is 2.33. The Balaban J connectivity index is 2.58. The van der Waals surface area contributed by atoms with Gasteiger partial charge in [0.15, 0.2) is 5.78 Å². The van der Waals surface area contributed by atoms with Crippen LogP contribution >= 0.6 is 0 Å². The molecule has 1 aliphatic carbocycles. The van der Waals surface area contributed by atoms with E-state index < -0.39 is 0 Å². The monoisotopic (exact) mass is 156 g/mol. The molecule has 0 radical (unpaired) electrons. The first kappa shape index (κ1) is 8.72. The highest BCUT2D eigenvalue weighted by molar-refractivity contribution is 5.83. The number of hydrogen-bond donors (Lipinski definition) is 0. The number of hydrogen-bond acceptors (Lipinski definition) is 2. The van der Waals surface area contributed by atoms with Crippen molar-refractivity contribution < 1.29 is 9.53 Å². The van der Waals surface area contributed by atoms with Gasteiger partial charge in [0.05, 0.1) is 0 Å². The van der Waals surface area contributed by atoms with Crippen molar-refractivity contribution in [2.45, 2.75) is 39.2 Å². The summed E-state index contributed by atoms with van der Waals surface area (Å²) in [6, 6.07) is 0. The summed E-state index contributed by atoms with van der Waals surface area (Å²) in [7, 11) is 1.62. The molecule has 64 valence electrons. The Bertz CT molecular complexity index is 161. The van der Waals surface area contributed by atoms with Crippen molar-refractivity contribution >= 4 is 5.78 Å². The van der Waals surface area contributed by atoms with Gasteiger partial charge >= 0.3 is 0 Å². The molecule has 0 heterocycles. The fourth-order valence-corrected chi connectivity index (χ4v) is 1.56. The second kappa shape index (κ2) is 2.94. The Morgan fingerprint density at radius 2 is 2.18 bits per heavy atom. The Morgan fingerprint density at radius 3 is 2.64 bits per heavy atom. The fourth-order valence-electron chi connectivity index (χ4n) is 1.56. The molecule has 0 spiro atoms. The van der Waals surface area contributed by atoms with Crippen LogP contribution in [0.1, 0.15) is 33.1 Å². The molecule has 0 aliphatic heterocycles. The summed E-state index contributed by atoms with van der Waals surface area (Å²) in [4.78, 5) is 11.2. The van der Waals surface area contributed by atoms with Crippen molar-refractivity contribution in [2.75, 3.05) is 7.11 Å². The zero-order valence-electron chi connectivity index (χ0n) is 7.52. The standard InChI is InChI=1S/C9H16O2/c1-9(2)5-4-7(10)8(6-9)11-3/h8H,4-6H2,1-3H3. The predicted octanol–water partition coefficient (Wildman–Crippen LogP) is 1.78. The van der Waals surface area contributed by atoms with Crippen molar-refractivity contribution in [2.24, 2.45) is 5.41 Å². The van der Waals surface area contributed by atoms with Crippen LogP contribution in [0.5, 0.6) is 0 Å². The molecule has 2 nitrogen and oxygen atoms in total. The topological polar surface area (TPSA) is 26.3 Å². The van der Waals surface area contributed by atoms with Crippen LogP contribution in [0.4, 0.5) is 0 Å². The highest BCUT2D eigenvalue weighted by Crippen LogP contribution is 2.34. The van der Waals surface area contributed by atoms with E-state index in [0.29, 0.717) is 6.42 Å². The normalized spacial score (nSPS) is 30.5. The third kappa shape index (κ3) is 2.03. The lowest BCUT2D eigenvalue weighted by atomic mass is 9.75. The molecule has 1 unspecified atom stereocenters. The third-order valence-electron chi connectivity index (χ3n) is 2.43. The highest BCUT2D eigenvalue weighted by atomic mass is 16.5. The van der Waals surface area contributed by atoms with E-state index in [9.17, 15) is 4.79 Å². The number of methoxy groups -OCH3 is 1. The van der Waals surface area contributed by atoms with E-state index in [-0.39, 0.29) is 17.3 Å². The molecule has 0 aromatic heterocycles. The predicted molar refractivity (Wildman–Crippen MR) is 43.4 cm³/mol. The van der Waals surface area contributed by atoms with E-state index in [1.165, 1.54) is 0 Å². The molecule has 0 amide bonds. The Labute approximate surface area is 67.9 Å². The summed E-state index contributed by atoms with van der Waals surface area (Å²) in [5, 5.41) is 0. The molecule has 0 saturated heterocycles. The van der Waals surface area contributed by atoms with Gasteiger partial charge in [-0.3, -0.25) is 4.79 Å². The zero-order chi connectivity index (χ0) is 8.48. The van der Waals surface area contributed by atoms with Gasteiger partial charge in [-0.15, -0.1) is 0 Å². The maximum absolute atomic E-state index is 11.2. The number of ketones is 1. The Morgan fingerprint density at radius 1 is 1.55 bits per heavy atom. The maximum atomic E-state index is 11.2. The van der Waals surface area contributed by atoms with Gasteiger partial charge in [0.25, 0.3) is 0 Å². The van der Waals surface area contributed by atoms with E-state index in [1.54, 1.807) is 7.11 Å². The van der Waals surface area contributed by atoms with Crippen molar-refractivity contribution in [3.8, 4) is 0 Å². The van der Waals surface area contributed by atoms with E-state index in [1.807, 2.05) is 0 Å². The molecule has 11 heavy (non-hydrogen) atoms. The molecule has 1 atom stereocenters. The van der Waals surface area contributed by atoms with Crippen LogP contribution in [0.2, 0.25) is 0 Å². The molecule has 0 aromatic rings. The lowest BCUT2D eigenvalue weighted by Crippen LogP contribution is -2.35.